The molecule has 5 atom stereocenters. The summed E-state index contributed by atoms with van der Waals surface area (Å²) in [6.07, 6.45) is 6.03. The molecule has 0 bridgehead atoms. The number of nitrogens with zero attached hydrogens (tertiary/aromatic N) is 1. The number of thiazole rings is 1. The molecule has 1 aromatic heterocycles. The Morgan fingerprint density at radius 1 is 1.02 bits per heavy atom. The van der Waals surface area contributed by atoms with Gasteiger partial charge in [0.2, 0.25) is 3.79 Å². The van der Waals surface area contributed by atoms with Gasteiger partial charge < -0.3 is 24.4 Å². The number of esters is 1. The van der Waals surface area contributed by atoms with Crippen LogP contribution in [0.1, 0.15) is 113 Å². The summed E-state index contributed by atoms with van der Waals surface area (Å²) in [6, 6.07) is 0.962. The van der Waals surface area contributed by atoms with Crippen LogP contribution in [0.2, 0.25) is 18.1 Å². The minimum Gasteiger partial charge on any atom is -0.459 e. The first kappa shape index (κ1) is 50.3. The number of rotatable bonds is 21. The van der Waals surface area contributed by atoms with Crippen molar-refractivity contribution in [3.05, 3.63) is 52.0 Å². The number of alkyl halides is 3. The minimum atomic E-state index is -2.48. The van der Waals surface area contributed by atoms with Gasteiger partial charge in [0.25, 0.3) is 0 Å². The topological polar surface area (TPSA) is 127 Å². The summed E-state index contributed by atoms with van der Waals surface area (Å²) in [5, 5.41) is 2.48. The molecule has 1 rings (SSSR count). The summed E-state index contributed by atoms with van der Waals surface area (Å²) in [5.41, 5.74) is 5.38. The molecule has 2 N–H and O–H groups in total. The van der Waals surface area contributed by atoms with Gasteiger partial charge in [0.15, 0.2) is 13.9 Å². The van der Waals surface area contributed by atoms with E-state index in [1.807, 2.05) is 39.8 Å². The maximum absolute atomic E-state index is 15.3. The molecule has 1 aromatic rings. The summed E-state index contributed by atoms with van der Waals surface area (Å²) < 4.78 is 22.4. The van der Waals surface area contributed by atoms with Crippen LogP contribution in [0.5, 0.6) is 0 Å². The van der Waals surface area contributed by atoms with Crippen LogP contribution in [0.4, 0.5) is 4.79 Å². The van der Waals surface area contributed by atoms with Crippen LogP contribution < -0.4 is 5.73 Å². The zero-order valence-electron chi connectivity index (χ0n) is 34.7. The first-order valence-corrected chi connectivity index (χ1v) is 23.3. The molecule has 0 saturated carbocycles. The van der Waals surface area contributed by atoms with Crippen LogP contribution in [0.3, 0.4) is 0 Å². The molecule has 1 heterocycles. The van der Waals surface area contributed by atoms with Crippen LogP contribution in [-0.4, -0.2) is 59.4 Å². The van der Waals surface area contributed by atoms with Gasteiger partial charge in [-0.3, -0.25) is 9.59 Å². The zero-order valence-corrected chi connectivity index (χ0v) is 38.8. The lowest BCUT2D eigenvalue weighted by atomic mass is 9.66. The molecule has 9 nitrogen and oxygen atoms in total. The lowest BCUT2D eigenvalue weighted by molar-refractivity contribution is -0.165. The van der Waals surface area contributed by atoms with E-state index >= 15 is 4.79 Å². The second kappa shape index (κ2) is 21.1. The highest BCUT2D eigenvalue weighted by molar-refractivity contribution is 7.09. The first-order valence-electron chi connectivity index (χ1n) is 18.7. The number of carbonyl (C=O) groups excluding carboxylic acids is 3. The number of aromatic nitrogens is 1. The molecule has 0 aliphatic heterocycles. The van der Waals surface area contributed by atoms with Crippen molar-refractivity contribution in [3.63, 3.8) is 0 Å². The molecule has 0 aliphatic rings. The number of hydrogen-bond donors (Lipinski definition) is 1. The Kier molecular flexibility index (Phi) is 19.7. The van der Waals surface area contributed by atoms with E-state index in [9.17, 15) is 9.59 Å². The third-order valence-electron chi connectivity index (χ3n) is 9.96. The Balaban J connectivity index is 4.00. The highest BCUT2D eigenvalue weighted by Crippen LogP contribution is 2.48. The van der Waals surface area contributed by atoms with E-state index < -0.39 is 71.4 Å². The third-order valence-corrected chi connectivity index (χ3v) is 15.7. The van der Waals surface area contributed by atoms with Crippen molar-refractivity contribution in [3.8, 4) is 0 Å². The summed E-state index contributed by atoms with van der Waals surface area (Å²) in [6.45, 7) is 27.7. The fraction of sp³-hybridized carbons (Fsp3) is 0.700. The van der Waals surface area contributed by atoms with E-state index in [0.717, 1.165) is 42.1 Å². The fourth-order valence-corrected chi connectivity index (χ4v) is 10.4. The highest BCUT2D eigenvalue weighted by Gasteiger charge is 2.57. The Morgan fingerprint density at radius 2 is 1.59 bits per heavy atom. The largest absolute Gasteiger partial charge is 0.509 e. The van der Waals surface area contributed by atoms with E-state index in [-0.39, 0.29) is 5.78 Å². The summed E-state index contributed by atoms with van der Waals surface area (Å²) in [5.74, 6) is -2.64. The average molecular weight is 852 g/mol. The van der Waals surface area contributed by atoms with Crippen LogP contribution in [-0.2, 0) is 33.8 Å². The van der Waals surface area contributed by atoms with Gasteiger partial charge in [0, 0.05) is 11.3 Å². The molecule has 0 saturated heterocycles. The molecule has 0 spiro atoms. The fourth-order valence-electron chi connectivity index (χ4n) is 6.57. The second-order valence-electron chi connectivity index (χ2n) is 15.9. The van der Waals surface area contributed by atoms with Crippen molar-refractivity contribution in [2.75, 3.05) is 6.61 Å². The van der Waals surface area contributed by atoms with E-state index in [2.05, 4.69) is 33.4 Å². The number of hydrogen-bond acceptors (Lipinski definition) is 10. The number of ketones is 1. The normalized spacial score (nSPS) is 16.6. The lowest BCUT2D eigenvalue weighted by Gasteiger charge is -2.47. The zero-order chi connectivity index (χ0) is 41.9. The SMILES string of the molecule is C=C(C)CCC=C(C)C=CC[C@H](C)[C@@](OC(=O)OCC(Cl)(Cl)Cl)(c1csc(C)n1)[C@@H](C)C(=O)C(C)(C)[C@H](O[Si](CC)(CC)CC)C(N)C(=O)OC(C)(C)C. The summed E-state index contributed by atoms with van der Waals surface area (Å²) >= 11 is 19.1. The lowest BCUT2D eigenvalue weighted by Crippen LogP contribution is -2.61. The van der Waals surface area contributed by atoms with Gasteiger partial charge in [-0.15, -0.1) is 17.9 Å². The molecule has 0 fully saturated rings. The van der Waals surface area contributed by atoms with Gasteiger partial charge in [0.1, 0.15) is 24.0 Å². The molecule has 14 heteroatoms. The van der Waals surface area contributed by atoms with Crippen LogP contribution >= 0.6 is 46.1 Å². The summed E-state index contributed by atoms with van der Waals surface area (Å²) in [7, 11) is -2.48. The number of nitrogens with two attached hydrogens (primary N) is 1. The number of aryl methyl sites for hydroxylation is 1. The van der Waals surface area contributed by atoms with Crippen LogP contribution in [0, 0.1) is 24.2 Å². The molecular formula is C40H65Cl3N2O7SSi. The van der Waals surface area contributed by atoms with Gasteiger partial charge in [0.05, 0.1) is 28.1 Å². The van der Waals surface area contributed by atoms with Gasteiger partial charge >= 0.3 is 12.1 Å². The Labute approximate surface area is 344 Å². The number of ether oxygens (including phenoxy) is 3. The number of Topliss-reactive ketones (excluding diaryl/α,β-unsaturated/α-hetero) is 1. The van der Waals surface area contributed by atoms with Gasteiger partial charge in [-0.2, -0.15) is 0 Å². The summed E-state index contributed by atoms with van der Waals surface area (Å²) in [4.78, 5) is 47.3. The van der Waals surface area contributed by atoms with Crippen molar-refractivity contribution in [2.45, 2.75) is 155 Å². The molecule has 54 heavy (non-hydrogen) atoms. The molecule has 0 radical (unpaired) electrons. The number of halogens is 3. The number of allylic oxidation sites excluding steroid dienone is 5. The van der Waals surface area contributed by atoms with Gasteiger partial charge in [-0.1, -0.05) is 113 Å². The Bertz CT molecular complexity index is 1470. The van der Waals surface area contributed by atoms with Crippen molar-refractivity contribution in [1.82, 2.24) is 4.98 Å². The monoisotopic (exact) mass is 850 g/mol. The van der Waals surface area contributed by atoms with Crippen molar-refractivity contribution in [1.29, 1.82) is 0 Å². The maximum Gasteiger partial charge on any atom is 0.509 e. The van der Waals surface area contributed by atoms with Crippen molar-refractivity contribution in [2.24, 2.45) is 23.0 Å². The third kappa shape index (κ3) is 14.6. The molecular weight excluding hydrogens is 787 g/mol. The first-order chi connectivity index (χ1) is 24.7. The predicted molar refractivity (Wildman–Crippen MR) is 226 cm³/mol. The van der Waals surface area contributed by atoms with Gasteiger partial charge in [-0.25, -0.2) is 9.78 Å². The Morgan fingerprint density at radius 3 is 2.06 bits per heavy atom. The average Bonchev–Trinajstić information content (AvgIpc) is 3.51. The number of carbonyl (C=O) groups is 3. The molecule has 1 unspecified atom stereocenters. The highest BCUT2D eigenvalue weighted by atomic mass is 35.6. The van der Waals surface area contributed by atoms with E-state index in [4.69, 9.17) is 64.2 Å². The molecule has 308 valence electrons. The minimum absolute atomic E-state index is 0.357. The van der Waals surface area contributed by atoms with Crippen LogP contribution in [0.15, 0.2) is 41.3 Å². The molecule has 0 aromatic carbocycles. The van der Waals surface area contributed by atoms with Crippen molar-refractivity contribution < 1.29 is 33.0 Å². The predicted octanol–water partition coefficient (Wildman–Crippen LogP) is 11.3. The smallest absolute Gasteiger partial charge is 0.459 e. The molecule has 0 amide bonds. The van der Waals surface area contributed by atoms with E-state index in [1.54, 1.807) is 46.9 Å². The quantitative estimate of drug-likeness (QED) is 0.0423. The maximum atomic E-state index is 15.3. The second-order valence-corrected chi connectivity index (χ2v) is 24.2. The van der Waals surface area contributed by atoms with Crippen molar-refractivity contribution >= 4 is 72.4 Å². The van der Waals surface area contributed by atoms with Crippen LogP contribution in [0.25, 0.3) is 0 Å². The van der Waals surface area contributed by atoms with E-state index in [0.29, 0.717) is 17.1 Å². The van der Waals surface area contributed by atoms with Gasteiger partial charge in [-0.05, 0) is 78.9 Å². The standard InChI is InChI=1S/C40H65Cl3N2O7SSi/c1-15-54(16-2,17-3)52-34(32(44)35(47)50-37(10,11)12)38(13,14)33(46)29(8)40(31-24-53-30(9)45-31,51-36(48)49-25-39(41,42)43)28(7)23-19-22-27(6)21-18-20-26(4)5/h19,21-22,24,28-29,32,34H,4,15-18,20,23,25,44H2,1-3,5-14H3/t28-,29-,32?,34+,40-/m0/s1. The van der Waals surface area contributed by atoms with E-state index in [1.165, 1.54) is 11.3 Å². The Hall–Kier alpha value is -1.73. The molecule has 0 aliphatic carbocycles.